The lowest BCUT2D eigenvalue weighted by Gasteiger charge is -2.38. The van der Waals surface area contributed by atoms with Crippen molar-refractivity contribution < 1.29 is 5.11 Å². The lowest BCUT2D eigenvalue weighted by atomic mass is 9.99. The van der Waals surface area contributed by atoms with Gasteiger partial charge in [0, 0.05) is 37.1 Å². The van der Waals surface area contributed by atoms with E-state index in [0.29, 0.717) is 17.9 Å². The molecule has 0 amide bonds. The molecular formula is C18H20N6O. The van der Waals surface area contributed by atoms with Crippen LogP contribution in [0.1, 0.15) is 25.7 Å². The number of rotatable bonds is 2. The zero-order valence-electron chi connectivity index (χ0n) is 14.1. The van der Waals surface area contributed by atoms with E-state index in [0.717, 1.165) is 48.1 Å². The number of aliphatic hydroxyl groups is 1. The summed E-state index contributed by atoms with van der Waals surface area (Å²) in [6.45, 7) is 0. The molecule has 0 aromatic carbocycles. The van der Waals surface area contributed by atoms with Crippen LogP contribution in [-0.2, 0) is 7.05 Å². The first kappa shape index (κ1) is 14.8. The quantitative estimate of drug-likeness (QED) is 0.770. The summed E-state index contributed by atoms with van der Waals surface area (Å²) < 4.78 is 1.79. The number of hydrogen-bond acceptors (Lipinski definition) is 6. The monoisotopic (exact) mass is 336 g/mol. The Bertz CT molecular complexity index is 910. The number of aliphatic hydroxyl groups excluding tert-OH is 1. The highest BCUT2D eigenvalue weighted by atomic mass is 16.3. The van der Waals surface area contributed by atoms with Gasteiger partial charge in [0.05, 0.1) is 17.7 Å². The Morgan fingerprint density at radius 3 is 2.64 bits per heavy atom. The number of hydrogen-bond donors (Lipinski definition) is 1. The van der Waals surface area contributed by atoms with Gasteiger partial charge in [-0.25, -0.2) is 9.97 Å². The van der Waals surface area contributed by atoms with E-state index in [-0.39, 0.29) is 6.10 Å². The molecule has 7 nitrogen and oxygen atoms in total. The van der Waals surface area contributed by atoms with E-state index < -0.39 is 0 Å². The summed E-state index contributed by atoms with van der Waals surface area (Å²) >= 11 is 0. The zero-order valence-corrected chi connectivity index (χ0v) is 14.1. The number of nitrogens with zero attached hydrogens (tertiary/aromatic N) is 6. The molecule has 0 radical (unpaired) electrons. The molecule has 3 aromatic heterocycles. The molecule has 3 aromatic rings. The molecule has 128 valence electrons. The molecule has 2 fully saturated rings. The average Bonchev–Trinajstić information content (AvgIpc) is 3.13. The number of fused-ring (bicyclic) bond motifs is 3. The Balaban J connectivity index is 1.70. The number of anilines is 1. The van der Waals surface area contributed by atoms with Crippen LogP contribution in [0.3, 0.4) is 0 Å². The number of piperidine rings is 1. The highest BCUT2D eigenvalue weighted by Crippen LogP contribution is 2.41. The van der Waals surface area contributed by atoms with Gasteiger partial charge in [-0.15, -0.1) is 0 Å². The second kappa shape index (κ2) is 5.49. The van der Waals surface area contributed by atoms with Gasteiger partial charge in [-0.3, -0.25) is 9.67 Å². The van der Waals surface area contributed by atoms with Crippen LogP contribution in [-0.4, -0.2) is 48.0 Å². The summed E-state index contributed by atoms with van der Waals surface area (Å²) in [7, 11) is 1.90. The summed E-state index contributed by atoms with van der Waals surface area (Å²) in [5, 5.41) is 15.5. The van der Waals surface area contributed by atoms with Crippen LogP contribution in [0.5, 0.6) is 0 Å². The number of aryl methyl sites for hydroxylation is 1. The number of aromatic nitrogens is 5. The molecule has 2 aliphatic rings. The fourth-order valence-electron chi connectivity index (χ4n) is 4.32. The number of pyridine rings is 1. The summed E-state index contributed by atoms with van der Waals surface area (Å²) in [4.78, 5) is 16.2. The van der Waals surface area contributed by atoms with Crippen LogP contribution in [0.2, 0.25) is 0 Å². The third kappa shape index (κ3) is 2.30. The van der Waals surface area contributed by atoms with Crippen LogP contribution >= 0.6 is 0 Å². The van der Waals surface area contributed by atoms with E-state index in [1.54, 1.807) is 17.1 Å². The van der Waals surface area contributed by atoms with E-state index in [2.05, 4.69) is 15.0 Å². The minimum Gasteiger partial charge on any atom is -0.393 e. The Hall–Kier alpha value is -2.54. The minimum atomic E-state index is -0.197. The zero-order chi connectivity index (χ0) is 17.0. The first-order chi connectivity index (χ1) is 12.2. The van der Waals surface area contributed by atoms with Crippen molar-refractivity contribution in [3.05, 3.63) is 30.7 Å². The predicted molar refractivity (Wildman–Crippen MR) is 94.1 cm³/mol. The molecule has 1 N–H and O–H groups in total. The standard InChI is InChI=1S/C18H20N6O/c1-23-17-15(10-20-23)18(22-16(21-17)11-3-2-6-19-9-11)24-12-4-5-13(24)8-14(25)7-12/h2-3,6,9-10,12-14,25H,4-5,7-8H2,1H3/t12-,13+,14?. The van der Waals surface area contributed by atoms with Crippen molar-refractivity contribution in [1.29, 1.82) is 0 Å². The van der Waals surface area contributed by atoms with Crippen LogP contribution in [0.15, 0.2) is 30.7 Å². The van der Waals surface area contributed by atoms with E-state index in [4.69, 9.17) is 9.97 Å². The van der Waals surface area contributed by atoms with Crippen molar-refractivity contribution in [2.24, 2.45) is 7.05 Å². The van der Waals surface area contributed by atoms with Crippen LogP contribution < -0.4 is 4.90 Å². The molecule has 7 heteroatoms. The minimum absolute atomic E-state index is 0.197. The summed E-state index contributed by atoms with van der Waals surface area (Å²) in [5.41, 5.74) is 1.73. The smallest absolute Gasteiger partial charge is 0.165 e. The predicted octanol–water partition coefficient (Wildman–Crippen LogP) is 1.92. The summed E-state index contributed by atoms with van der Waals surface area (Å²) in [6, 6.07) is 4.55. The first-order valence-corrected chi connectivity index (χ1v) is 8.77. The highest BCUT2D eigenvalue weighted by molar-refractivity contribution is 5.89. The van der Waals surface area contributed by atoms with Gasteiger partial charge < -0.3 is 10.0 Å². The van der Waals surface area contributed by atoms with E-state index in [1.807, 2.05) is 25.4 Å². The Morgan fingerprint density at radius 1 is 1.12 bits per heavy atom. The van der Waals surface area contributed by atoms with Gasteiger partial charge in [0.25, 0.3) is 0 Å². The third-order valence-electron chi connectivity index (χ3n) is 5.44. The summed E-state index contributed by atoms with van der Waals surface area (Å²) in [6.07, 6.45) is 9.02. The van der Waals surface area contributed by atoms with E-state index >= 15 is 0 Å². The summed E-state index contributed by atoms with van der Waals surface area (Å²) in [5.74, 6) is 1.61. The molecule has 1 unspecified atom stereocenters. The fraction of sp³-hybridized carbons (Fsp3) is 0.444. The van der Waals surface area contributed by atoms with Gasteiger partial charge in [-0.05, 0) is 37.8 Å². The van der Waals surface area contributed by atoms with Crippen molar-refractivity contribution in [3.63, 3.8) is 0 Å². The lowest BCUT2D eigenvalue weighted by molar-refractivity contribution is 0.126. The van der Waals surface area contributed by atoms with Crippen LogP contribution in [0.25, 0.3) is 22.4 Å². The molecule has 0 spiro atoms. The lowest BCUT2D eigenvalue weighted by Crippen LogP contribution is -2.45. The molecule has 25 heavy (non-hydrogen) atoms. The van der Waals surface area contributed by atoms with Crippen LogP contribution in [0.4, 0.5) is 5.82 Å². The molecule has 0 aliphatic carbocycles. The molecule has 2 saturated heterocycles. The maximum absolute atomic E-state index is 10.1. The van der Waals surface area contributed by atoms with E-state index in [1.165, 1.54) is 0 Å². The van der Waals surface area contributed by atoms with Gasteiger partial charge in [-0.2, -0.15) is 5.10 Å². The van der Waals surface area contributed by atoms with Gasteiger partial charge in [0.15, 0.2) is 11.5 Å². The molecule has 2 aliphatic heterocycles. The third-order valence-corrected chi connectivity index (χ3v) is 5.44. The Kier molecular flexibility index (Phi) is 3.24. The SMILES string of the molecule is Cn1ncc2c(N3[C@@H]4CC[C@H]3CC(O)C4)nc(-c3cccnc3)nc21. The fourth-order valence-corrected chi connectivity index (χ4v) is 4.32. The highest BCUT2D eigenvalue weighted by Gasteiger charge is 2.41. The molecule has 0 saturated carbocycles. The van der Waals surface area contributed by atoms with Gasteiger partial charge in [0.1, 0.15) is 5.82 Å². The molecular weight excluding hydrogens is 316 g/mol. The first-order valence-electron chi connectivity index (χ1n) is 8.77. The van der Waals surface area contributed by atoms with Crippen molar-refractivity contribution in [2.45, 2.75) is 43.9 Å². The van der Waals surface area contributed by atoms with Gasteiger partial charge in [0.2, 0.25) is 0 Å². The Morgan fingerprint density at radius 2 is 1.92 bits per heavy atom. The van der Waals surface area contributed by atoms with Crippen molar-refractivity contribution >= 4 is 16.9 Å². The molecule has 5 rings (SSSR count). The molecule has 5 heterocycles. The van der Waals surface area contributed by atoms with Crippen molar-refractivity contribution in [1.82, 2.24) is 24.7 Å². The Labute approximate surface area is 145 Å². The second-order valence-electron chi connectivity index (χ2n) is 7.04. The second-order valence-corrected chi connectivity index (χ2v) is 7.04. The maximum atomic E-state index is 10.1. The largest absolute Gasteiger partial charge is 0.393 e. The van der Waals surface area contributed by atoms with Gasteiger partial charge in [-0.1, -0.05) is 0 Å². The topological polar surface area (TPSA) is 80.0 Å². The normalized spacial score (nSPS) is 25.7. The average molecular weight is 336 g/mol. The van der Waals surface area contributed by atoms with E-state index in [9.17, 15) is 5.11 Å². The van der Waals surface area contributed by atoms with Crippen molar-refractivity contribution in [2.75, 3.05) is 4.90 Å². The molecule has 3 atom stereocenters. The van der Waals surface area contributed by atoms with Crippen LogP contribution in [0, 0.1) is 0 Å². The van der Waals surface area contributed by atoms with Crippen molar-refractivity contribution in [3.8, 4) is 11.4 Å². The molecule has 2 bridgehead atoms. The maximum Gasteiger partial charge on any atom is 0.165 e. The van der Waals surface area contributed by atoms with Gasteiger partial charge >= 0.3 is 0 Å².